The zero-order valence-corrected chi connectivity index (χ0v) is 13.7. The molecule has 0 amide bonds. The van der Waals surface area contributed by atoms with E-state index < -0.39 is 0 Å². The van der Waals surface area contributed by atoms with Crippen molar-refractivity contribution in [3.63, 3.8) is 0 Å². The smallest absolute Gasteiger partial charge is 0.223 e. The van der Waals surface area contributed by atoms with Gasteiger partial charge in [0.25, 0.3) is 0 Å². The van der Waals surface area contributed by atoms with Crippen LogP contribution in [-0.4, -0.2) is 34.7 Å². The van der Waals surface area contributed by atoms with Crippen molar-refractivity contribution in [2.75, 3.05) is 13.7 Å². The number of benzene rings is 2. The first-order valence-corrected chi connectivity index (χ1v) is 7.51. The molecule has 0 unspecified atom stereocenters. The zero-order chi connectivity index (χ0) is 17.8. The Labute approximate surface area is 143 Å². The van der Waals surface area contributed by atoms with Gasteiger partial charge in [0.1, 0.15) is 5.75 Å². The number of aromatic hydroxyl groups is 1. The molecule has 1 aromatic heterocycles. The highest BCUT2D eigenvalue weighted by atomic mass is 16.5. The first-order chi connectivity index (χ1) is 12.1. The Morgan fingerprint density at radius 2 is 2.00 bits per heavy atom. The minimum Gasteiger partial charge on any atom is -0.504 e. The highest BCUT2D eigenvalue weighted by Crippen LogP contribution is 2.34. The van der Waals surface area contributed by atoms with E-state index in [4.69, 9.17) is 14.0 Å². The van der Waals surface area contributed by atoms with Gasteiger partial charge in [0.15, 0.2) is 18.1 Å². The van der Waals surface area contributed by atoms with E-state index in [1.165, 1.54) is 19.2 Å². The van der Waals surface area contributed by atoms with Crippen molar-refractivity contribution in [2.45, 2.75) is 6.92 Å². The fraction of sp³-hybridized carbons (Fsp3) is 0.167. The van der Waals surface area contributed by atoms with Gasteiger partial charge in [-0.15, -0.1) is 0 Å². The van der Waals surface area contributed by atoms with Crippen LogP contribution in [0.15, 0.2) is 47.0 Å². The minimum atomic E-state index is -0.334. The number of hydrogen-bond acceptors (Lipinski definition) is 7. The van der Waals surface area contributed by atoms with E-state index in [9.17, 15) is 9.90 Å². The molecule has 0 aliphatic rings. The van der Waals surface area contributed by atoms with E-state index >= 15 is 0 Å². The summed E-state index contributed by atoms with van der Waals surface area (Å²) in [7, 11) is 1.42. The Balaban J connectivity index is 1.93. The lowest BCUT2D eigenvalue weighted by Gasteiger charge is -2.11. The lowest BCUT2D eigenvalue weighted by Crippen LogP contribution is -2.13. The van der Waals surface area contributed by atoms with E-state index in [1.54, 1.807) is 19.1 Å². The molecule has 7 nitrogen and oxygen atoms in total. The molecule has 0 aliphatic carbocycles. The molecule has 0 spiro atoms. The molecular formula is C18H16N2O5. The number of aromatic nitrogens is 2. The largest absolute Gasteiger partial charge is 0.504 e. The second-order valence-electron chi connectivity index (χ2n) is 5.23. The second kappa shape index (κ2) is 7.04. The molecule has 2 aromatic carbocycles. The minimum absolute atomic E-state index is 0.158. The molecule has 0 atom stereocenters. The summed E-state index contributed by atoms with van der Waals surface area (Å²) in [6, 6.07) is 11.8. The molecule has 0 saturated carbocycles. The normalized spacial score (nSPS) is 10.5. The number of ether oxygens (including phenoxy) is 2. The topological polar surface area (TPSA) is 94.7 Å². The molecule has 0 bridgehead atoms. The number of phenolic OH excluding ortho intramolecular Hbond substituents is 1. The van der Waals surface area contributed by atoms with Crippen molar-refractivity contribution in [2.24, 2.45) is 0 Å². The summed E-state index contributed by atoms with van der Waals surface area (Å²) < 4.78 is 15.6. The monoisotopic (exact) mass is 340 g/mol. The first-order valence-electron chi connectivity index (χ1n) is 7.51. The van der Waals surface area contributed by atoms with Gasteiger partial charge < -0.3 is 19.1 Å². The van der Waals surface area contributed by atoms with Crippen LogP contribution in [0.5, 0.6) is 17.2 Å². The summed E-state index contributed by atoms with van der Waals surface area (Å²) in [6.45, 7) is 1.45. The van der Waals surface area contributed by atoms with Crippen molar-refractivity contribution in [1.82, 2.24) is 10.1 Å². The number of Topliss-reactive ketones (excluding diaryl/α,β-unsaturated/α-hetero) is 1. The quantitative estimate of drug-likeness (QED) is 0.689. The average Bonchev–Trinajstić information content (AvgIpc) is 3.06. The third-order valence-corrected chi connectivity index (χ3v) is 3.50. The molecule has 1 N–H and O–H groups in total. The van der Waals surface area contributed by atoms with Crippen molar-refractivity contribution in [3.05, 3.63) is 53.9 Å². The zero-order valence-electron chi connectivity index (χ0n) is 13.7. The van der Waals surface area contributed by atoms with Crippen molar-refractivity contribution in [3.8, 4) is 28.6 Å². The molecule has 0 aliphatic heterocycles. The van der Waals surface area contributed by atoms with Crippen LogP contribution >= 0.6 is 0 Å². The number of carbonyl (C=O) groups is 1. The number of para-hydroxylation sites is 1. The summed E-state index contributed by atoms with van der Waals surface area (Å²) in [4.78, 5) is 16.7. The highest BCUT2D eigenvalue weighted by Gasteiger charge is 2.21. The van der Waals surface area contributed by atoms with Crippen LogP contribution in [0, 0.1) is 6.92 Å². The Bertz CT molecular complexity index is 890. The van der Waals surface area contributed by atoms with Crippen molar-refractivity contribution >= 4 is 5.78 Å². The SMILES string of the molecule is COc1cc(-c2noc(C)n2)c(C(=O)COc2ccccc2)cc1O. The number of nitrogens with zero attached hydrogens (tertiary/aromatic N) is 2. The fourth-order valence-corrected chi connectivity index (χ4v) is 2.30. The predicted octanol–water partition coefficient (Wildman–Crippen LogP) is 3.02. The molecule has 3 aromatic rings. The number of aryl methyl sites for hydroxylation is 1. The number of ketones is 1. The number of phenols is 1. The number of hydrogen-bond donors (Lipinski definition) is 1. The lowest BCUT2D eigenvalue weighted by atomic mass is 10.0. The highest BCUT2D eigenvalue weighted by molar-refractivity contribution is 6.03. The fourth-order valence-electron chi connectivity index (χ4n) is 2.30. The number of carbonyl (C=O) groups excluding carboxylic acids is 1. The summed E-state index contributed by atoms with van der Waals surface area (Å²) in [5.74, 6) is 0.886. The standard InChI is InChI=1S/C18H16N2O5/c1-11-19-18(20-25-11)14-9-17(23-2)15(21)8-13(14)16(22)10-24-12-6-4-3-5-7-12/h3-9,21H,10H2,1-2H3. The number of rotatable bonds is 6. The van der Waals surface area contributed by atoms with Gasteiger partial charge in [-0.1, -0.05) is 23.4 Å². The van der Waals surface area contributed by atoms with Crippen molar-refractivity contribution < 1.29 is 23.9 Å². The second-order valence-corrected chi connectivity index (χ2v) is 5.23. The molecule has 0 fully saturated rings. The summed E-state index contributed by atoms with van der Waals surface area (Å²) in [6.07, 6.45) is 0. The molecule has 7 heteroatoms. The molecular weight excluding hydrogens is 324 g/mol. The summed E-state index contributed by atoms with van der Waals surface area (Å²) in [5, 5.41) is 13.9. The average molecular weight is 340 g/mol. The van der Waals surface area contributed by atoms with Crippen molar-refractivity contribution in [1.29, 1.82) is 0 Å². The van der Waals surface area contributed by atoms with Gasteiger partial charge in [-0.3, -0.25) is 4.79 Å². The van der Waals surface area contributed by atoms with Crippen LogP contribution in [0.3, 0.4) is 0 Å². The van der Waals surface area contributed by atoms with Gasteiger partial charge in [-0.2, -0.15) is 4.98 Å². The molecule has 1 heterocycles. The van der Waals surface area contributed by atoms with E-state index in [1.807, 2.05) is 18.2 Å². The van der Waals surface area contributed by atoms with Crippen LogP contribution in [-0.2, 0) is 0 Å². The Hall–Kier alpha value is -3.35. The predicted molar refractivity (Wildman–Crippen MR) is 89.0 cm³/mol. The maximum atomic E-state index is 12.6. The molecule has 3 rings (SSSR count). The van der Waals surface area contributed by atoms with Gasteiger partial charge in [0.2, 0.25) is 17.5 Å². The van der Waals surface area contributed by atoms with Crippen LogP contribution < -0.4 is 9.47 Å². The third kappa shape index (κ3) is 3.60. The summed E-state index contributed by atoms with van der Waals surface area (Å²) in [5.41, 5.74) is 0.614. The molecule has 25 heavy (non-hydrogen) atoms. The molecule has 128 valence electrons. The van der Waals surface area contributed by atoms with E-state index in [2.05, 4.69) is 10.1 Å². The first kappa shape index (κ1) is 16.5. The maximum absolute atomic E-state index is 12.6. The Kier molecular flexibility index (Phi) is 4.65. The maximum Gasteiger partial charge on any atom is 0.223 e. The number of methoxy groups -OCH3 is 1. The van der Waals surface area contributed by atoms with Gasteiger partial charge in [-0.05, 0) is 24.3 Å². The van der Waals surface area contributed by atoms with Crippen LogP contribution in [0.4, 0.5) is 0 Å². The van der Waals surface area contributed by atoms with E-state index in [-0.39, 0.29) is 35.3 Å². The third-order valence-electron chi connectivity index (χ3n) is 3.50. The van der Waals surface area contributed by atoms with E-state index in [0.29, 0.717) is 17.2 Å². The Morgan fingerprint density at radius 1 is 1.24 bits per heavy atom. The van der Waals surface area contributed by atoms with Gasteiger partial charge in [0.05, 0.1) is 7.11 Å². The molecule has 0 radical (unpaired) electrons. The molecule has 0 saturated heterocycles. The van der Waals surface area contributed by atoms with Crippen LogP contribution in [0.25, 0.3) is 11.4 Å². The van der Waals surface area contributed by atoms with Gasteiger partial charge in [-0.25, -0.2) is 0 Å². The lowest BCUT2D eigenvalue weighted by molar-refractivity contribution is 0.0921. The summed E-state index contributed by atoms with van der Waals surface area (Å²) >= 11 is 0. The Morgan fingerprint density at radius 3 is 2.64 bits per heavy atom. The van der Waals surface area contributed by atoms with E-state index in [0.717, 1.165) is 0 Å². The van der Waals surface area contributed by atoms with Gasteiger partial charge in [0, 0.05) is 18.1 Å². The van der Waals surface area contributed by atoms with Gasteiger partial charge >= 0.3 is 0 Å². The van der Waals surface area contributed by atoms with Crippen LogP contribution in [0.2, 0.25) is 0 Å². The van der Waals surface area contributed by atoms with Crippen LogP contribution in [0.1, 0.15) is 16.2 Å².